The molecule has 2 N–H and O–H groups in total. The van der Waals surface area contributed by atoms with Crippen LogP contribution in [0.15, 0.2) is 24.3 Å². The fourth-order valence-electron chi connectivity index (χ4n) is 2.85. The van der Waals surface area contributed by atoms with Crippen LogP contribution in [-0.4, -0.2) is 55.7 Å². The first-order valence-corrected chi connectivity index (χ1v) is 8.40. The minimum Gasteiger partial charge on any atom is -0.486 e. The zero-order chi connectivity index (χ0) is 16.8. The van der Waals surface area contributed by atoms with Gasteiger partial charge in [0.1, 0.15) is 6.61 Å². The Kier molecular flexibility index (Phi) is 5.40. The van der Waals surface area contributed by atoms with E-state index < -0.39 is 0 Å². The molecule has 7 heteroatoms. The Bertz CT molecular complexity index is 593. The van der Waals surface area contributed by atoms with Crippen molar-refractivity contribution in [3.05, 3.63) is 24.3 Å². The van der Waals surface area contributed by atoms with E-state index in [9.17, 15) is 9.59 Å². The monoisotopic (exact) mass is 333 g/mol. The molecular formula is C17H23N3O4. The minimum absolute atomic E-state index is 0.201. The number of hydrogen-bond donors (Lipinski definition) is 2. The number of fused-ring (bicyclic) bond motifs is 1. The number of carbonyl (C=O) groups excluding carboxylic acids is 2. The second-order valence-electron chi connectivity index (χ2n) is 5.97. The minimum atomic E-state index is -0.231. The second kappa shape index (κ2) is 7.90. The Hall–Kier alpha value is -2.44. The summed E-state index contributed by atoms with van der Waals surface area (Å²) in [5.74, 6) is 1.65. The number of urea groups is 1. The van der Waals surface area contributed by atoms with E-state index in [2.05, 4.69) is 10.6 Å². The average Bonchev–Trinajstić information content (AvgIpc) is 3.02. The smallest absolute Gasteiger partial charge is 0.314 e. The van der Waals surface area contributed by atoms with Crippen molar-refractivity contribution in [1.82, 2.24) is 15.5 Å². The third kappa shape index (κ3) is 4.31. The number of nitrogens with one attached hydrogen (secondary N) is 2. The first-order valence-electron chi connectivity index (χ1n) is 8.40. The van der Waals surface area contributed by atoms with Gasteiger partial charge in [0.05, 0.1) is 6.54 Å². The molecule has 0 radical (unpaired) electrons. The summed E-state index contributed by atoms with van der Waals surface area (Å²) in [6.07, 6.45) is 2.16. The molecule has 1 aromatic carbocycles. The lowest BCUT2D eigenvalue weighted by Gasteiger charge is -2.26. The molecule has 1 fully saturated rings. The molecule has 7 nitrogen and oxygen atoms in total. The predicted octanol–water partition coefficient (Wildman–Crippen LogP) is 1.14. The molecule has 3 amide bonds. The average molecular weight is 333 g/mol. The van der Waals surface area contributed by atoms with E-state index in [0.29, 0.717) is 38.4 Å². The van der Waals surface area contributed by atoms with Crippen molar-refractivity contribution in [1.29, 1.82) is 0 Å². The lowest BCUT2D eigenvalue weighted by molar-refractivity contribution is -0.127. The van der Waals surface area contributed by atoms with Crippen LogP contribution >= 0.6 is 0 Å². The van der Waals surface area contributed by atoms with Gasteiger partial charge in [-0.05, 0) is 25.0 Å². The van der Waals surface area contributed by atoms with Crippen molar-refractivity contribution in [3.8, 4) is 11.5 Å². The highest BCUT2D eigenvalue weighted by molar-refractivity contribution is 5.78. The Morgan fingerprint density at radius 2 is 2.08 bits per heavy atom. The Balaban J connectivity index is 1.29. The molecule has 2 aliphatic heterocycles. The molecule has 2 heterocycles. The number of ether oxygens (including phenoxy) is 2. The van der Waals surface area contributed by atoms with Crippen LogP contribution in [0, 0.1) is 0 Å². The molecule has 0 saturated carbocycles. The zero-order valence-electron chi connectivity index (χ0n) is 13.6. The highest BCUT2D eigenvalue weighted by Crippen LogP contribution is 2.30. The van der Waals surface area contributed by atoms with Crippen molar-refractivity contribution in [3.63, 3.8) is 0 Å². The topological polar surface area (TPSA) is 79.9 Å². The maximum Gasteiger partial charge on any atom is 0.314 e. The molecule has 1 saturated heterocycles. The van der Waals surface area contributed by atoms with Crippen LogP contribution in [0.5, 0.6) is 11.5 Å². The zero-order valence-corrected chi connectivity index (χ0v) is 13.6. The summed E-state index contributed by atoms with van der Waals surface area (Å²) in [5.41, 5.74) is 0. The summed E-state index contributed by atoms with van der Waals surface area (Å²) in [6.45, 7) is 2.88. The first-order chi connectivity index (χ1) is 11.7. The van der Waals surface area contributed by atoms with Crippen LogP contribution in [0.3, 0.4) is 0 Å². The number of para-hydroxylation sites is 2. The molecule has 1 atom stereocenters. The lowest BCUT2D eigenvalue weighted by atomic mass is 10.2. The van der Waals surface area contributed by atoms with Crippen LogP contribution in [0.25, 0.3) is 0 Å². The van der Waals surface area contributed by atoms with Crippen LogP contribution in [0.2, 0.25) is 0 Å². The van der Waals surface area contributed by atoms with Crippen molar-refractivity contribution >= 4 is 11.9 Å². The Morgan fingerprint density at radius 1 is 1.25 bits per heavy atom. The van der Waals surface area contributed by atoms with E-state index in [0.717, 1.165) is 25.1 Å². The lowest BCUT2D eigenvalue weighted by Crippen LogP contribution is -2.45. The van der Waals surface area contributed by atoms with Crippen LogP contribution in [-0.2, 0) is 4.79 Å². The number of carbonyl (C=O) groups is 2. The van der Waals surface area contributed by atoms with Gasteiger partial charge >= 0.3 is 6.03 Å². The number of benzene rings is 1. The summed E-state index contributed by atoms with van der Waals surface area (Å²) < 4.78 is 11.4. The van der Waals surface area contributed by atoms with E-state index in [-0.39, 0.29) is 18.0 Å². The molecule has 0 unspecified atom stereocenters. The fraction of sp³-hybridized carbons (Fsp3) is 0.529. The molecule has 0 aromatic heterocycles. The van der Waals surface area contributed by atoms with Gasteiger partial charge in [-0.15, -0.1) is 0 Å². The summed E-state index contributed by atoms with van der Waals surface area (Å²) in [7, 11) is 0. The standard InChI is InChI=1S/C17H23N3O4/c21-16-7-3-9-20(16)10-4-8-18-17(22)19-11-13-12-23-14-5-1-2-6-15(14)24-13/h1-2,5-6,13H,3-4,7-12H2,(H2,18,19,22)/t13-/m0/s1. The van der Waals surface area contributed by atoms with Gasteiger partial charge < -0.3 is 25.0 Å². The molecule has 2 aliphatic rings. The number of hydrogen-bond acceptors (Lipinski definition) is 4. The van der Waals surface area contributed by atoms with Crippen molar-refractivity contribution in [2.75, 3.05) is 32.8 Å². The maximum atomic E-state index is 11.8. The van der Waals surface area contributed by atoms with Gasteiger partial charge in [-0.1, -0.05) is 12.1 Å². The second-order valence-corrected chi connectivity index (χ2v) is 5.97. The summed E-state index contributed by atoms with van der Waals surface area (Å²) in [6, 6.07) is 7.25. The van der Waals surface area contributed by atoms with E-state index in [1.807, 2.05) is 29.2 Å². The van der Waals surface area contributed by atoms with Crippen LogP contribution in [0.4, 0.5) is 4.79 Å². The molecule has 0 bridgehead atoms. The number of likely N-dealkylation sites (tertiary alicyclic amines) is 1. The molecule has 0 aliphatic carbocycles. The highest BCUT2D eigenvalue weighted by atomic mass is 16.6. The molecule has 1 aromatic rings. The Labute approximate surface area is 141 Å². The third-order valence-corrected chi connectivity index (χ3v) is 4.12. The Morgan fingerprint density at radius 3 is 2.88 bits per heavy atom. The SMILES string of the molecule is O=C(NCCCN1CCCC1=O)NC[C@H]1COc2ccccc2O1. The number of nitrogens with zero attached hydrogens (tertiary/aromatic N) is 1. The molecule has 0 spiro atoms. The van der Waals surface area contributed by atoms with Gasteiger partial charge in [-0.25, -0.2) is 4.79 Å². The summed E-state index contributed by atoms with van der Waals surface area (Å²) >= 11 is 0. The largest absolute Gasteiger partial charge is 0.486 e. The molecular weight excluding hydrogens is 310 g/mol. The quantitative estimate of drug-likeness (QED) is 0.765. The van der Waals surface area contributed by atoms with Gasteiger partial charge in [-0.3, -0.25) is 4.79 Å². The third-order valence-electron chi connectivity index (χ3n) is 4.12. The van der Waals surface area contributed by atoms with Crippen molar-refractivity contribution < 1.29 is 19.1 Å². The van der Waals surface area contributed by atoms with E-state index in [1.54, 1.807) is 0 Å². The predicted molar refractivity (Wildman–Crippen MR) is 88.2 cm³/mol. The summed E-state index contributed by atoms with van der Waals surface area (Å²) in [4.78, 5) is 25.1. The first kappa shape index (κ1) is 16.4. The highest BCUT2D eigenvalue weighted by Gasteiger charge is 2.21. The summed E-state index contributed by atoms with van der Waals surface area (Å²) in [5, 5.41) is 5.58. The fourth-order valence-corrected chi connectivity index (χ4v) is 2.85. The normalized spacial score (nSPS) is 19.2. The van der Waals surface area contributed by atoms with E-state index in [1.165, 1.54) is 0 Å². The van der Waals surface area contributed by atoms with Gasteiger partial charge in [0.25, 0.3) is 0 Å². The van der Waals surface area contributed by atoms with Crippen molar-refractivity contribution in [2.45, 2.75) is 25.4 Å². The van der Waals surface area contributed by atoms with Gasteiger partial charge in [0.2, 0.25) is 5.91 Å². The van der Waals surface area contributed by atoms with Gasteiger partial charge in [-0.2, -0.15) is 0 Å². The molecule has 3 rings (SSSR count). The van der Waals surface area contributed by atoms with Crippen LogP contribution in [0.1, 0.15) is 19.3 Å². The number of amides is 3. The van der Waals surface area contributed by atoms with Crippen molar-refractivity contribution in [2.24, 2.45) is 0 Å². The van der Waals surface area contributed by atoms with Crippen LogP contribution < -0.4 is 20.1 Å². The molecule has 24 heavy (non-hydrogen) atoms. The van der Waals surface area contributed by atoms with E-state index in [4.69, 9.17) is 9.47 Å². The van der Waals surface area contributed by atoms with Gasteiger partial charge in [0, 0.05) is 26.1 Å². The number of rotatable bonds is 6. The van der Waals surface area contributed by atoms with Gasteiger partial charge in [0.15, 0.2) is 17.6 Å². The molecule has 130 valence electrons. The maximum absolute atomic E-state index is 11.8. The van der Waals surface area contributed by atoms with E-state index >= 15 is 0 Å².